The van der Waals surface area contributed by atoms with Gasteiger partial charge in [-0.15, -0.1) is 0 Å². The van der Waals surface area contributed by atoms with Gasteiger partial charge in [0, 0.05) is 12.1 Å². The zero-order chi connectivity index (χ0) is 14.2. The lowest BCUT2D eigenvalue weighted by Crippen LogP contribution is -2.46. The molecule has 0 radical (unpaired) electrons. The summed E-state index contributed by atoms with van der Waals surface area (Å²) in [4.78, 5) is 0. The molecule has 0 aromatic heterocycles. The van der Waals surface area contributed by atoms with E-state index >= 15 is 0 Å². The number of hydrogen-bond donors (Lipinski definition) is 1. The molecule has 1 nitrogen and oxygen atoms in total. The Morgan fingerprint density at radius 3 is 2.00 bits per heavy atom. The van der Waals surface area contributed by atoms with Crippen LogP contribution >= 0.6 is 0 Å². The Morgan fingerprint density at radius 1 is 1.00 bits per heavy atom. The average molecular weight is 255 g/mol. The van der Waals surface area contributed by atoms with E-state index in [0.717, 1.165) is 5.92 Å². The molecule has 0 aliphatic carbocycles. The first-order valence-electron chi connectivity index (χ1n) is 8.06. The predicted molar refractivity (Wildman–Crippen MR) is 84.1 cm³/mol. The van der Waals surface area contributed by atoms with Crippen LogP contribution in [0.25, 0.3) is 0 Å². The molecular formula is C17H37N. The maximum atomic E-state index is 3.76. The Morgan fingerprint density at radius 2 is 1.61 bits per heavy atom. The second-order valence-electron chi connectivity index (χ2n) is 7.11. The van der Waals surface area contributed by atoms with Crippen LogP contribution in [0.4, 0.5) is 0 Å². The van der Waals surface area contributed by atoms with Gasteiger partial charge in [0.15, 0.2) is 0 Å². The summed E-state index contributed by atoms with van der Waals surface area (Å²) in [6.45, 7) is 17.5. The van der Waals surface area contributed by atoms with Crippen molar-refractivity contribution in [1.29, 1.82) is 0 Å². The van der Waals surface area contributed by atoms with Gasteiger partial charge in [-0.25, -0.2) is 0 Å². The van der Waals surface area contributed by atoms with E-state index < -0.39 is 0 Å². The van der Waals surface area contributed by atoms with E-state index in [1.807, 2.05) is 0 Å². The summed E-state index contributed by atoms with van der Waals surface area (Å²) in [5, 5.41) is 3.76. The van der Waals surface area contributed by atoms with Gasteiger partial charge in [0.1, 0.15) is 0 Å². The Labute approximate surface area is 116 Å². The van der Waals surface area contributed by atoms with E-state index in [-0.39, 0.29) is 5.54 Å². The molecule has 1 N–H and O–H groups in total. The molecule has 0 aromatic carbocycles. The molecule has 2 atom stereocenters. The lowest BCUT2D eigenvalue weighted by Gasteiger charge is -2.41. The van der Waals surface area contributed by atoms with Crippen LogP contribution in [0.1, 0.15) is 87.0 Å². The van der Waals surface area contributed by atoms with E-state index in [9.17, 15) is 0 Å². The molecule has 0 aliphatic rings. The smallest absolute Gasteiger partial charge is 0.00967 e. The monoisotopic (exact) mass is 255 g/mol. The fourth-order valence-corrected chi connectivity index (χ4v) is 2.87. The van der Waals surface area contributed by atoms with Crippen LogP contribution in [-0.4, -0.2) is 12.1 Å². The summed E-state index contributed by atoms with van der Waals surface area (Å²) in [7, 11) is 0. The van der Waals surface area contributed by atoms with Crippen LogP contribution in [-0.2, 0) is 0 Å². The second-order valence-corrected chi connectivity index (χ2v) is 7.11. The summed E-state index contributed by atoms with van der Waals surface area (Å²) in [6, 6.07) is 0. The lowest BCUT2D eigenvalue weighted by atomic mass is 9.68. The molecule has 18 heavy (non-hydrogen) atoms. The summed E-state index contributed by atoms with van der Waals surface area (Å²) in [5.74, 6) is 0.828. The van der Waals surface area contributed by atoms with Gasteiger partial charge in [-0.05, 0) is 44.9 Å². The van der Waals surface area contributed by atoms with Crippen molar-refractivity contribution in [3.63, 3.8) is 0 Å². The van der Waals surface area contributed by atoms with Crippen LogP contribution < -0.4 is 5.32 Å². The van der Waals surface area contributed by atoms with Crippen LogP contribution in [0.15, 0.2) is 0 Å². The number of unbranched alkanes of at least 4 members (excludes halogenated alkanes) is 1. The highest BCUT2D eigenvalue weighted by Crippen LogP contribution is 2.39. The van der Waals surface area contributed by atoms with Crippen molar-refractivity contribution < 1.29 is 0 Å². The summed E-state index contributed by atoms with van der Waals surface area (Å²) in [5.41, 5.74) is 0.734. The van der Waals surface area contributed by atoms with Crippen molar-refractivity contribution in [3.8, 4) is 0 Å². The molecule has 110 valence electrons. The third-order valence-electron chi connectivity index (χ3n) is 4.47. The highest BCUT2D eigenvalue weighted by atomic mass is 15.0. The summed E-state index contributed by atoms with van der Waals surface area (Å²) < 4.78 is 0. The minimum absolute atomic E-state index is 0.235. The number of hydrogen-bond acceptors (Lipinski definition) is 1. The predicted octanol–water partition coefficient (Wildman–Crippen LogP) is 5.40. The van der Waals surface area contributed by atoms with Crippen LogP contribution in [0, 0.1) is 11.3 Å². The molecule has 0 aromatic rings. The topological polar surface area (TPSA) is 12.0 Å². The molecule has 0 amide bonds. The van der Waals surface area contributed by atoms with Crippen molar-refractivity contribution in [2.75, 3.05) is 6.54 Å². The minimum Gasteiger partial charge on any atom is -0.312 e. The van der Waals surface area contributed by atoms with Crippen molar-refractivity contribution in [1.82, 2.24) is 5.32 Å². The number of rotatable bonds is 9. The van der Waals surface area contributed by atoms with Crippen molar-refractivity contribution in [2.24, 2.45) is 11.3 Å². The highest BCUT2D eigenvalue weighted by Gasteiger charge is 2.34. The van der Waals surface area contributed by atoms with Crippen molar-refractivity contribution >= 4 is 0 Å². The molecule has 2 unspecified atom stereocenters. The maximum absolute atomic E-state index is 3.76. The van der Waals surface area contributed by atoms with E-state index in [0.29, 0.717) is 5.41 Å². The highest BCUT2D eigenvalue weighted by molar-refractivity contribution is 4.87. The van der Waals surface area contributed by atoms with E-state index in [1.54, 1.807) is 0 Å². The average Bonchev–Trinajstić information content (AvgIpc) is 2.29. The number of nitrogens with one attached hydrogen (secondary N) is 1. The zero-order valence-electron chi connectivity index (χ0n) is 14.0. The maximum Gasteiger partial charge on any atom is 0.00967 e. The van der Waals surface area contributed by atoms with E-state index in [4.69, 9.17) is 0 Å². The molecular weight excluding hydrogens is 218 g/mol. The Kier molecular flexibility index (Phi) is 8.18. The Balaban J connectivity index is 4.74. The molecule has 0 rings (SSSR count). The normalized spacial score (nSPS) is 17.5. The third kappa shape index (κ3) is 6.22. The Bertz CT molecular complexity index is 204. The summed E-state index contributed by atoms with van der Waals surface area (Å²) in [6.07, 6.45) is 8.04. The third-order valence-corrected chi connectivity index (χ3v) is 4.47. The van der Waals surface area contributed by atoms with Gasteiger partial charge < -0.3 is 5.32 Å². The molecule has 0 saturated carbocycles. The minimum atomic E-state index is 0.235. The van der Waals surface area contributed by atoms with Crippen LogP contribution in [0.2, 0.25) is 0 Å². The second kappa shape index (κ2) is 8.19. The van der Waals surface area contributed by atoms with Gasteiger partial charge in [0.05, 0.1) is 0 Å². The quantitative estimate of drug-likeness (QED) is 0.582. The molecule has 0 fully saturated rings. The SMILES string of the molecule is CCCCC(CC)(CNC(C)(C)C)C(C)CCC. The molecule has 1 heteroatoms. The van der Waals surface area contributed by atoms with Crippen LogP contribution in [0.3, 0.4) is 0 Å². The molecule has 0 aliphatic heterocycles. The fraction of sp³-hybridized carbons (Fsp3) is 1.00. The van der Waals surface area contributed by atoms with E-state index in [2.05, 4.69) is 53.8 Å². The fourth-order valence-electron chi connectivity index (χ4n) is 2.87. The van der Waals surface area contributed by atoms with Crippen molar-refractivity contribution in [2.45, 2.75) is 92.5 Å². The molecule has 0 heterocycles. The Hall–Kier alpha value is -0.0400. The largest absolute Gasteiger partial charge is 0.312 e. The van der Waals surface area contributed by atoms with Gasteiger partial charge in [-0.1, -0.05) is 53.4 Å². The summed E-state index contributed by atoms with van der Waals surface area (Å²) >= 11 is 0. The molecule has 0 spiro atoms. The van der Waals surface area contributed by atoms with Gasteiger partial charge in [0.2, 0.25) is 0 Å². The van der Waals surface area contributed by atoms with Gasteiger partial charge >= 0.3 is 0 Å². The first kappa shape index (κ1) is 18.0. The van der Waals surface area contributed by atoms with Gasteiger partial charge in [0.25, 0.3) is 0 Å². The van der Waals surface area contributed by atoms with Crippen LogP contribution in [0.5, 0.6) is 0 Å². The lowest BCUT2D eigenvalue weighted by molar-refractivity contribution is 0.119. The zero-order valence-corrected chi connectivity index (χ0v) is 14.0. The standard InChI is InChI=1S/C17H37N/c1-8-11-13-17(10-3,15(4)12-9-2)14-18-16(5,6)7/h15,18H,8-14H2,1-7H3. The first-order chi connectivity index (χ1) is 8.31. The van der Waals surface area contributed by atoms with Gasteiger partial charge in [-0.2, -0.15) is 0 Å². The molecule has 0 saturated heterocycles. The van der Waals surface area contributed by atoms with Crippen molar-refractivity contribution in [3.05, 3.63) is 0 Å². The van der Waals surface area contributed by atoms with E-state index in [1.165, 1.54) is 45.1 Å². The first-order valence-corrected chi connectivity index (χ1v) is 8.06. The molecule has 0 bridgehead atoms. The van der Waals surface area contributed by atoms with Gasteiger partial charge in [-0.3, -0.25) is 0 Å².